The minimum atomic E-state index is -0.332. The third-order valence-corrected chi connectivity index (χ3v) is 13.7. The number of allylic oxidation sites excluding steroid dienone is 2. The van der Waals surface area contributed by atoms with Gasteiger partial charge in [-0.1, -0.05) is 54.0 Å². The molecule has 0 bridgehead atoms. The Hall–Kier alpha value is -1.45. The molecule has 6 aliphatic rings. The van der Waals surface area contributed by atoms with Crippen LogP contribution in [0.2, 0.25) is 0 Å². The van der Waals surface area contributed by atoms with E-state index in [9.17, 15) is 14.4 Å². The van der Waals surface area contributed by atoms with Crippen LogP contribution in [0.4, 0.5) is 0 Å². The smallest absolute Gasteiger partial charge is 0.223 e. The summed E-state index contributed by atoms with van der Waals surface area (Å²) >= 11 is 0. The largest absolute Gasteiger partial charge is 0.337 e. The fraction of sp³-hybridized carbons (Fsp3) is 0.848. The van der Waals surface area contributed by atoms with E-state index in [0.29, 0.717) is 36.2 Å². The lowest BCUT2D eigenvalue weighted by Gasteiger charge is -2.70. The summed E-state index contributed by atoms with van der Waals surface area (Å²) in [5.41, 5.74) is 0.817. The molecule has 0 spiro atoms. The molecule has 0 unspecified atom stereocenters. The molecular formula is C33H49NO3. The highest BCUT2D eigenvalue weighted by atomic mass is 16.2. The Labute approximate surface area is 224 Å². The average Bonchev–Trinajstić information content (AvgIpc) is 3.24. The van der Waals surface area contributed by atoms with E-state index in [2.05, 4.69) is 59.4 Å². The Balaban J connectivity index is 1.48. The lowest BCUT2D eigenvalue weighted by molar-refractivity contribution is -0.184. The molecule has 6 rings (SSSR count). The third kappa shape index (κ3) is 3.11. The number of rotatable bonds is 1. The second kappa shape index (κ2) is 7.60. The first-order valence-corrected chi connectivity index (χ1v) is 15.2. The van der Waals surface area contributed by atoms with Crippen LogP contribution in [0.3, 0.4) is 0 Å². The number of hydrogen-bond acceptors (Lipinski definition) is 3. The maximum atomic E-state index is 14.5. The molecule has 1 aliphatic heterocycles. The van der Waals surface area contributed by atoms with Crippen LogP contribution in [0.25, 0.3) is 0 Å². The summed E-state index contributed by atoms with van der Waals surface area (Å²) in [7, 11) is 0. The molecule has 0 aromatic carbocycles. The minimum absolute atomic E-state index is 0.0265. The molecule has 0 N–H and O–H groups in total. The van der Waals surface area contributed by atoms with Crippen LogP contribution in [0, 0.1) is 44.8 Å². The molecule has 4 saturated carbocycles. The van der Waals surface area contributed by atoms with Crippen molar-refractivity contribution in [3.05, 3.63) is 11.6 Å². The highest BCUT2D eigenvalue weighted by Crippen LogP contribution is 2.74. The molecule has 37 heavy (non-hydrogen) atoms. The molecule has 4 nitrogen and oxygen atoms in total. The number of fused-ring (bicyclic) bond motifs is 7. The Morgan fingerprint density at radius 3 is 2.22 bits per heavy atom. The normalized spacial score (nSPS) is 48.5. The van der Waals surface area contributed by atoms with Gasteiger partial charge in [0.05, 0.1) is 0 Å². The molecule has 0 radical (unpaired) electrons. The molecule has 1 saturated heterocycles. The number of hydrogen-bond donors (Lipinski definition) is 0. The Bertz CT molecular complexity index is 1100. The molecule has 5 aliphatic carbocycles. The van der Waals surface area contributed by atoms with Gasteiger partial charge in [-0.25, -0.2) is 0 Å². The molecule has 0 aromatic heterocycles. The van der Waals surface area contributed by atoms with Crippen molar-refractivity contribution in [3.63, 3.8) is 0 Å². The van der Waals surface area contributed by atoms with Crippen molar-refractivity contribution >= 4 is 17.5 Å². The number of likely N-dealkylation sites (tertiary alicyclic amines) is 1. The predicted octanol–water partition coefficient (Wildman–Crippen LogP) is 6.91. The van der Waals surface area contributed by atoms with Crippen LogP contribution >= 0.6 is 0 Å². The van der Waals surface area contributed by atoms with Gasteiger partial charge in [0.1, 0.15) is 5.78 Å². The maximum absolute atomic E-state index is 14.5. The second-order valence-electron chi connectivity index (χ2n) is 16.1. The number of amides is 1. The Morgan fingerprint density at radius 2 is 1.54 bits per heavy atom. The van der Waals surface area contributed by atoms with E-state index in [1.54, 1.807) is 0 Å². The van der Waals surface area contributed by atoms with E-state index in [4.69, 9.17) is 0 Å². The highest BCUT2D eigenvalue weighted by Gasteiger charge is 2.70. The predicted molar refractivity (Wildman–Crippen MR) is 146 cm³/mol. The molecule has 5 fully saturated rings. The SMILES string of the molecule is CC1(C)CC[C@]2(N3CCCC3=O)CC[C@]3(C)[C@H](C(=O)C=C4[C@@]5(C)CCC(=O)C(C)(C)[C@@H]5CC[C@]43C)[C@@H]2C1. The fourth-order valence-electron chi connectivity index (χ4n) is 11.4. The Morgan fingerprint density at radius 1 is 0.838 bits per heavy atom. The molecular weight excluding hydrogens is 458 g/mol. The number of carbonyl (C=O) groups excluding carboxylic acids is 3. The number of ketones is 2. The van der Waals surface area contributed by atoms with Crippen molar-refractivity contribution in [1.29, 1.82) is 0 Å². The zero-order valence-corrected chi connectivity index (χ0v) is 24.5. The maximum Gasteiger partial charge on any atom is 0.223 e. The molecule has 0 aromatic rings. The van der Waals surface area contributed by atoms with E-state index in [0.717, 1.165) is 64.3 Å². The standard InChI is InChI=1S/C33H49NO3/c1-28(2)14-16-33(34-18-8-9-26(34)37)17-15-32(7)27(21(33)20-28)22(35)19-24-30(5)12-11-25(36)29(3,4)23(30)10-13-31(24,32)6/h19,21,23,27H,8-18,20H2,1-7H3/t21-,23-,27-,30-,31+,32+,33-/m0/s1. The summed E-state index contributed by atoms with van der Waals surface area (Å²) in [6.45, 7) is 17.2. The van der Waals surface area contributed by atoms with Crippen molar-refractivity contribution in [2.24, 2.45) is 44.8 Å². The first kappa shape index (κ1) is 25.8. The van der Waals surface area contributed by atoms with Crippen LogP contribution in [0.1, 0.15) is 119 Å². The van der Waals surface area contributed by atoms with E-state index in [-0.39, 0.29) is 44.4 Å². The molecule has 7 atom stereocenters. The highest BCUT2D eigenvalue weighted by molar-refractivity contribution is 5.96. The van der Waals surface area contributed by atoms with Crippen molar-refractivity contribution in [2.75, 3.05) is 6.54 Å². The zero-order valence-electron chi connectivity index (χ0n) is 24.5. The number of Topliss-reactive ketones (excluding diaryl/α,β-unsaturated/α-hetero) is 1. The molecule has 1 amide bonds. The van der Waals surface area contributed by atoms with Gasteiger partial charge in [-0.2, -0.15) is 0 Å². The van der Waals surface area contributed by atoms with Crippen molar-refractivity contribution < 1.29 is 14.4 Å². The number of nitrogens with zero attached hydrogens (tertiary/aromatic N) is 1. The molecule has 4 heteroatoms. The van der Waals surface area contributed by atoms with Crippen LogP contribution < -0.4 is 0 Å². The van der Waals surface area contributed by atoms with E-state index >= 15 is 0 Å². The first-order chi connectivity index (χ1) is 17.1. The topological polar surface area (TPSA) is 54.5 Å². The van der Waals surface area contributed by atoms with Gasteiger partial charge in [0.15, 0.2) is 5.78 Å². The minimum Gasteiger partial charge on any atom is -0.337 e. The van der Waals surface area contributed by atoms with Crippen LogP contribution in [-0.4, -0.2) is 34.5 Å². The Kier molecular flexibility index (Phi) is 5.30. The van der Waals surface area contributed by atoms with Crippen molar-refractivity contribution in [2.45, 2.75) is 125 Å². The molecule has 1 heterocycles. The lowest BCUT2D eigenvalue weighted by Crippen LogP contribution is -2.70. The van der Waals surface area contributed by atoms with Gasteiger partial charge in [-0.05, 0) is 97.4 Å². The van der Waals surface area contributed by atoms with Crippen molar-refractivity contribution in [1.82, 2.24) is 4.90 Å². The van der Waals surface area contributed by atoms with Gasteiger partial charge in [0.2, 0.25) is 5.91 Å². The van der Waals surface area contributed by atoms with Crippen molar-refractivity contribution in [3.8, 4) is 0 Å². The van der Waals surface area contributed by atoms with Gasteiger partial charge in [-0.15, -0.1) is 0 Å². The fourth-order valence-corrected chi connectivity index (χ4v) is 11.4. The van der Waals surface area contributed by atoms with Gasteiger partial charge < -0.3 is 4.90 Å². The van der Waals surface area contributed by atoms with Gasteiger partial charge >= 0.3 is 0 Å². The second-order valence-corrected chi connectivity index (χ2v) is 16.1. The quantitative estimate of drug-likeness (QED) is 0.387. The lowest BCUT2D eigenvalue weighted by atomic mass is 9.34. The van der Waals surface area contributed by atoms with E-state index < -0.39 is 0 Å². The summed E-state index contributed by atoms with van der Waals surface area (Å²) < 4.78 is 0. The first-order valence-electron chi connectivity index (χ1n) is 15.2. The van der Waals surface area contributed by atoms with Crippen LogP contribution in [0.5, 0.6) is 0 Å². The summed E-state index contributed by atoms with van der Waals surface area (Å²) in [6.07, 6.45) is 12.6. The van der Waals surface area contributed by atoms with Gasteiger partial charge in [-0.3, -0.25) is 14.4 Å². The van der Waals surface area contributed by atoms with Crippen LogP contribution in [-0.2, 0) is 14.4 Å². The van der Waals surface area contributed by atoms with E-state index in [1.807, 2.05) is 0 Å². The van der Waals surface area contributed by atoms with Gasteiger partial charge in [0, 0.05) is 36.3 Å². The summed E-state index contributed by atoms with van der Waals surface area (Å²) in [4.78, 5) is 43.0. The summed E-state index contributed by atoms with van der Waals surface area (Å²) in [5.74, 6) is 1.54. The average molecular weight is 508 g/mol. The zero-order chi connectivity index (χ0) is 26.8. The number of carbonyl (C=O) groups is 3. The van der Waals surface area contributed by atoms with E-state index in [1.165, 1.54) is 5.57 Å². The monoisotopic (exact) mass is 507 g/mol. The third-order valence-electron chi connectivity index (χ3n) is 13.7. The van der Waals surface area contributed by atoms with Gasteiger partial charge in [0.25, 0.3) is 0 Å². The summed E-state index contributed by atoms with van der Waals surface area (Å²) in [5, 5.41) is 0. The summed E-state index contributed by atoms with van der Waals surface area (Å²) in [6, 6.07) is 0. The van der Waals surface area contributed by atoms with Crippen LogP contribution in [0.15, 0.2) is 11.6 Å². The molecule has 204 valence electrons.